The van der Waals surface area contributed by atoms with Gasteiger partial charge in [0.15, 0.2) is 0 Å². The lowest BCUT2D eigenvalue weighted by atomic mass is 9.80. The Kier molecular flexibility index (Phi) is 3.99. The molecule has 0 radical (unpaired) electrons. The number of carbonyl (C=O) groups excluding carboxylic acids is 1. The largest absolute Gasteiger partial charge is 0.391 e. The zero-order chi connectivity index (χ0) is 17.8. The highest BCUT2D eigenvalue weighted by Gasteiger charge is 2.46. The third-order valence-electron chi connectivity index (χ3n) is 7.48. The van der Waals surface area contributed by atoms with Crippen LogP contribution in [-0.4, -0.2) is 46.0 Å². The highest BCUT2D eigenvalue weighted by atomic mass is 16.3. The van der Waals surface area contributed by atoms with Crippen molar-refractivity contribution in [2.75, 3.05) is 18.0 Å². The molecule has 0 spiro atoms. The molecule has 3 saturated carbocycles. The van der Waals surface area contributed by atoms with Crippen LogP contribution >= 0.6 is 0 Å². The van der Waals surface area contributed by atoms with E-state index in [-0.39, 0.29) is 12.0 Å². The van der Waals surface area contributed by atoms with E-state index in [2.05, 4.69) is 15.3 Å². The first kappa shape index (κ1) is 16.6. The van der Waals surface area contributed by atoms with Gasteiger partial charge >= 0.3 is 0 Å². The second kappa shape index (κ2) is 6.25. The van der Waals surface area contributed by atoms with Crippen LogP contribution in [0.25, 0.3) is 0 Å². The minimum Gasteiger partial charge on any atom is -0.391 e. The van der Waals surface area contributed by atoms with Gasteiger partial charge in [-0.2, -0.15) is 5.10 Å². The van der Waals surface area contributed by atoms with E-state index in [9.17, 15) is 9.90 Å². The van der Waals surface area contributed by atoms with Crippen molar-refractivity contribution in [3.8, 4) is 0 Å². The van der Waals surface area contributed by atoms with Crippen molar-refractivity contribution in [1.82, 2.24) is 15.1 Å². The van der Waals surface area contributed by atoms with Crippen molar-refractivity contribution in [1.29, 1.82) is 0 Å². The van der Waals surface area contributed by atoms with Crippen LogP contribution < -0.4 is 10.2 Å². The van der Waals surface area contributed by atoms with Crippen molar-refractivity contribution < 1.29 is 9.90 Å². The zero-order valence-electron chi connectivity index (χ0n) is 15.6. The minimum atomic E-state index is -0.311. The van der Waals surface area contributed by atoms with E-state index in [0.717, 1.165) is 43.0 Å². The predicted molar refractivity (Wildman–Crippen MR) is 99.0 cm³/mol. The van der Waals surface area contributed by atoms with E-state index in [1.165, 1.54) is 32.1 Å². The second-order valence-corrected chi connectivity index (χ2v) is 9.15. The fraction of sp³-hybridized carbons (Fsp3) is 0.800. The fourth-order valence-corrected chi connectivity index (χ4v) is 6.42. The van der Waals surface area contributed by atoms with Crippen molar-refractivity contribution >= 4 is 11.7 Å². The molecule has 4 aliphatic rings. The SMILES string of the molecule is Cn1ncc(C(=O)NC2CCC3CC4CC(C3)C2C4)c1N1CCC(O)C1. The lowest BCUT2D eigenvalue weighted by Gasteiger charge is -2.27. The molecule has 1 saturated heterocycles. The molecule has 1 aromatic heterocycles. The van der Waals surface area contributed by atoms with Crippen LogP contribution in [0.1, 0.15) is 55.3 Å². The Morgan fingerprint density at radius 1 is 1.19 bits per heavy atom. The highest BCUT2D eigenvalue weighted by molar-refractivity contribution is 5.99. The molecule has 1 amide bonds. The summed E-state index contributed by atoms with van der Waals surface area (Å²) < 4.78 is 1.77. The van der Waals surface area contributed by atoms with Gasteiger partial charge in [0, 0.05) is 26.2 Å². The van der Waals surface area contributed by atoms with Gasteiger partial charge in [-0.15, -0.1) is 0 Å². The molecule has 0 aromatic carbocycles. The summed E-state index contributed by atoms with van der Waals surface area (Å²) in [5.41, 5.74) is 0.658. The second-order valence-electron chi connectivity index (χ2n) is 9.15. The number of aromatic nitrogens is 2. The molecule has 6 nitrogen and oxygen atoms in total. The van der Waals surface area contributed by atoms with Crippen LogP contribution in [0.4, 0.5) is 5.82 Å². The van der Waals surface area contributed by atoms with Gasteiger partial charge in [0.05, 0.1) is 12.3 Å². The molecule has 5 rings (SSSR count). The zero-order valence-corrected chi connectivity index (χ0v) is 15.6. The standard InChI is InChI=1S/C20H30N4O2/c1-23-20(24-5-4-15(25)11-24)17(10-21-23)19(26)22-18-3-2-12-6-13-8-14(7-12)16(18)9-13/h10,12-16,18,25H,2-9,11H2,1H3,(H,22,26). The summed E-state index contributed by atoms with van der Waals surface area (Å²) in [5, 5.41) is 17.6. The third-order valence-corrected chi connectivity index (χ3v) is 7.48. The summed E-state index contributed by atoms with van der Waals surface area (Å²) in [4.78, 5) is 15.2. The average Bonchev–Trinajstić information content (AvgIpc) is 3.26. The number of fused-ring (bicyclic) bond motifs is 2. The Balaban J connectivity index is 1.35. The van der Waals surface area contributed by atoms with E-state index >= 15 is 0 Å². The topological polar surface area (TPSA) is 70.4 Å². The average molecular weight is 358 g/mol. The van der Waals surface area contributed by atoms with E-state index in [0.29, 0.717) is 24.1 Å². The minimum absolute atomic E-state index is 0.0145. The molecule has 6 heteroatoms. The Bertz CT molecular complexity index is 702. The summed E-state index contributed by atoms with van der Waals surface area (Å²) in [6.07, 6.45) is 10.0. The number of aryl methyl sites for hydroxylation is 1. The van der Waals surface area contributed by atoms with Crippen LogP contribution in [0.2, 0.25) is 0 Å². The monoisotopic (exact) mass is 358 g/mol. The molecule has 2 N–H and O–H groups in total. The number of hydrogen-bond acceptors (Lipinski definition) is 4. The molecule has 6 unspecified atom stereocenters. The van der Waals surface area contributed by atoms with Crippen molar-refractivity contribution in [2.45, 2.75) is 57.1 Å². The summed E-state index contributed by atoms with van der Waals surface area (Å²) in [6.45, 7) is 1.36. The van der Waals surface area contributed by atoms with Crippen molar-refractivity contribution in [3.05, 3.63) is 11.8 Å². The number of β-amino-alcohol motifs (C(OH)–C–C–N with tert-alkyl or cyclic N) is 1. The molecule has 3 bridgehead atoms. The van der Waals surface area contributed by atoms with E-state index in [4.69, 9.17) is 0 Å². The molecule has 2 heterocycles. The molecule has 4 fully saturated rings. The molecule has 6 atom stereocenters. The summed E-state index contributed by atoms with van der Waals surface area (Å²) in [6, 6.07) is 0.319. The Morgan fingerprint density at radius 2 is 2.04 bits per heavy atom. The normalized spacial score (nSPS) is 38.6. The van der Waals surface area contributed by atoms with Gasteiger partial charge < -0.3 is 15.3 Å². The third kappa shape index (κ3) is 2.73. The maximum atomic E-state index is 13.1. The molecule has 3 aliphatic carbocycles. The smallest absolute Gasteiger partial charge is 0.256 e. The number of anilines is 1. The Labute approximate surface area is 154 Å². The first-order valence-corrected chi connectivity index (χ1v) is 10.3. The van der Waals surface area contributed by atoms with Crippen LogP contribution in [-0.2, 0) is 7.05 Å². The lowest BCUT2D eigenvalue weighted by Crippen LogP contribution is -2.41. The number of aliphatic hydroxyl groups is 1. The molecule has 142 valence electrons. The lowest BCUT2D eigenvalue weighted by molar-refractivity contribution is 0.0913. The molecular weight excluding hydrogens is 328 g/mol. The first-order chi connectivity index (χ1) is 12.6. The number of hydrogen-bond donors (Lipinski definition) is 2. The predicted octanol–water partition coefficient (Wildman–Crippen LogP) is 1.94. The van der Waals surface area contributed by atoms with Crippen LogP contribution in [0.15, 0.2) is 6.20 Å². The van der Waals surface area contributed by atoms with Crippen LogP contribution in [0.5, 0.6) is 0 Å². The molecule has 26 heavy (non-hydrogen) atoms. The fourth-order valence-electron chi connectivity index (χ4n) is 6.42. The molecule has 1 aromatic rings. The maximum Gasteiger partial charge on any atom is 0.256 e. The highest BCUT2D eigenvalue weighted by Crippen LogP contribution is 2.53. The maximum absolute atomic E-state index is 13.1. The van der Waals surface area contributed by atoms with Gasteiger partial charge in [-0.1, -0.05) is 0 Å². The quantitative estimate of drug-likeness (QED) is 0.866. The van der Waals surface area contributed by atoms with Crippen LogP contribution in [0.3, 0.4) is 0 Å². The summed E-state index contributed by atoms with van der Waals surface area (Å²) in [5.74, 6) is 4.16. The number of nitrogens with zero attached hydrogens (tertiary/aromatic N) is 3. The summed E-state index contributed by atoms with van der Waals surface area (Å²) in [7, 11) is 1.88. The number of carbonyl (C=O) groups is 1. The Hall–Kier alpha value is -1.56. The number of nitrogens with one attached hydrogen (secondary N) is 1. The van der Waals surface area contributed by atoms with Gasteiger partial charge in [-0.25, -0.2) is 0 Å². The van der Waals surface area contributed by atoms with Gasteiger partial charge in [0.2, 0.25) is 0 Å². The van der Waals surface area contributed by atoms with Crippen molar-refractivity contribution in [2.24, 2.45) is 30.7 Å². The van der Waals surface area contributed by atoms with E-state index in [1.807, 2.05) is 7.05 Å². The van der Waals surface area contributed by atoms with Crippen molar-refractivity contribution in [3.63, 3.8) is 0 Å². The Morgan fingerprint density at radius 3 is 2.85 bits per heavy atom. The molecule has 1 aliphatic heterocycles. The number of rotatable bonds is 3. The van der Waals surface area contributed by atoms with Gasteiger partial charge in [-0.05, 0) is 68.6 Å². The van der Waals surface area contributed by atoms with Crippen LogP contribution in [0, 0.1) is 23.7 Å². The van der Waals surface area contributed by atoms with E-state index < -0.39 is 0 Å². The van der Waals surface area contributed by atoms with E-state index in [1.54, 1.807) is 10.9 Å². The number of aliphatic hydroxyl groups excluding tert-OH is 1. The summed E-state index contributed by atoms with van der Waals surface area (Å²) >= 11 is 0. The van der Waals surface area contributed by atoms with Gasteiger partial charge in [-0.3, -0.25) is 9.48 Å². The van der Waals surface area contributed by atoms with Gasteiger partial charge in [0.1, 0.15) is 11.4 Å². The molecular formula is C20H30N4O2. The first-order valence-electron chi connectivity index (χ1n) is 10.3. The van der Waals surface area contributed by atoms with Gasteiger partial charge in [0.25, 0.3) is 5.91 Å². The number of amides is 1.